The predicted molar refractivity (Wildman–Crippen MR) is 75.5 cm³/mol. The molecule has 0 spiro atoms. The van der Waals surface area contributed by atoms with E-state index < -0.39 is 17.3 Å². The number of nitrogens with zero attached hydrogens (tertiary/aromatic N) is 1. The predicted octanol–water partition coefficient (Wildman–Crippen LogP) is 0.681. The summed E-state index contributed by atoms with van der Waals surface area (Å²) in [5, 5.41) is 11.9. The maximum absolute atomic E-state index is 12.3. The van der Waals surface area contributed by atoms with Crippen LogP contribution in [-0.2, 0) is 9.59 Å². The standard InChI is InChI=1S/C14H23N3O4/c15-11(18)8-17(10-4-1-2-5-10)13(21)16-9-14(12(19)20)6-3-7-14/h10H,1-9H2,(H2,15,18)(H,16,21)(H,19,20). The molecule has 2 aliphatic carbocycles. The molecule has 7 heteroatoms. The smallest absolute Gasteiger partial charge is 0.318 e. The molecule has 2 fully saturated rings. The quantitative estimate of drug-likeness (QED) is 0.669. The molecule has 0 aromatic rings. The fourth-order valence-corrected chi connectivity index (χ4v) is 3.17. The van der Waals surface area contributed by atoms with Gasteiger partial charge < -0.3 is 21.1 Å². The van der Waals surface area contributed by atoms with Crippen molar-refractivity contribution in [3.05, 3.63) is 0 Å². The van der Waals surface area contributed by atoms with E-state index in [-0.39, 0.29) is 25.2 Å². The molecular formula is C14H23N3O4. The average molecular weight is 297 g/mol. The highest BCUT2D eigenvalue weighted by molar-refractivity contribution is 5.84. The summed E-state index contributed by atoms with van der Waals surface area (Å²) < 4.78 is 0. The number of nitrogens with two attached hydrogens (primary N) is 1. The lowest BCUT2D eigenvalue weighted by atomic mass is 9.69. The molecule has 118 valence electrons. The van der Waals surface area contributed by atoms with Gasteiger partial charge in [-0.1, -0.05) is 19.3 Å². The number of urea groups is 1. The number of rotatable bonds is 6. The molecule has 21 heavy (non-hydrogen) atoms. The maximum atomic E-state index is 12.3. The van der Waals surface area contributed by atoms with Gasteiger partial charge in [0.15, 0.2) is 0 Å². The first-order valence-corrected chi connectivity index (χ1v) is 7.51. The van der Waals surface area contributed by atoms with Crippen molar-refractivity contribution in [1.29, 1.82) is 0 Å². The summed E-state index contributed by atoms with van der Waals surface area (Å²) in [6.45, 7) is -0.000278. The van der Waals surface area contributed by atoms with Crippen LogP contribution in [0, 0.1) is 5.41 Å². The molecule has 0 unspecified atom stereocenters. The Kier molecular flexibility index (Phi) is 4.69. The van der Waals surface area contributed by atoms with Gasteiger partial charge in [0.2, 0.25) is 5.91 Å². The lowest BCUT2D eigenvalue weighted by molar-refractivity contribution is -0.153. The zero-order valence-electron chi connectivity index (χ0n) is 12.1. The van der Waals surface area contributed by atoms with Gasteiger partial charge in [-0.05, 0) is 25.7 Å². The van der Waals surface area contributed by atoms with Crippen molar-refractivity contribution in [2.75, 3.05) is 13.1 Å². The van der Waals surface area contributed by atoms with Crippen LogP contribution in [0.15, 0.2) is 0 Å². The maximum Gasteiger partial charge on any atom is 0.318 e. The Hall–Kier alpha value is -1.79. The second-order valence-electron chi connectivity index (χ2n) is 6.13. The fraction of sp³-hybridized carbons (Fsp3) is 0.786. The van der Waals surface area contributed by atoms with Crippen molar-refractivity contribution >= 4 is 17.9 Å². The van der Waals surface area contributed by atoms with E-state index in [0.717, 1.165) is 32.1 Å². The molecule has 3 amide bonds. The number of hydrogen-bond donors (Lipinski definition) is 3. The zero-order chi connectivity index (χ0) is 15.5. The van der Waals surface area contributed by atoms with Gasteiger partial charge in [-0.2, -0.15) is 0 Å². The Morgan fingerprint density at radius 1 is 1.19 bits per heavy atom. The lowest BCUT2D eigenvalue weighted by Crippen LogP contribution is -2.53. The molecule has 0 heterocycles. The number of nitrogens with one attached hydrogen (secondary N) is 1. The van der Waals surface area contributed by atoms with Crippen LogP contribution in [-0.4, -0.2) is 47.0 Å². The number of carboxylic acid groups (broad SMARTS) is 1. The molecule has 0 aromatic carbocycles. The van der Waals surface area contributed by atoms with E-state index in [1.165, 1.54) is 4.90 Å². The molecule has 0 aliphatic heterocycles. The van der Waals surface area contributed by atoms with Crippen molar-refractivity contribution < 1.29 is 19.5 Å². The minimum absolute atomic E-state index is 0.0275. The van der Waals surface area contributed by atoms with Crippen LogP contribution in [0.2, 0.25) is 0 Å². The van der Waals surface area contributed by atoms with Gasteiger partial charge in [-0.15, -0.1) is 0 Å². The number of carbonyl (C=O) groups excluding carboxylic acids is 2. The summed E-state index contributed by atoms with van der Waals surface area (Å²) in [6, 6.07) is -0.354. The molecule has 2 aliphatic rings. The van der Waals surface area contributed by atoms with Crippen molar-refractivity contribution in [1.82, 2.24) is 10.2 Å². The highest BCUT2D eigenvalue weighted by Gasteiger charge is 2.45. The summed E-state index contributed by atoms with van der Waals surface area (Å²) in [4.78, 5) is 36.2. The van der Waals surface area contributed by atoms with E-state index in [0.29, 0.717) is 12.8 Å². The second-order valence-corrected chi connectivity index (χ2v) is 6.13. The van der Waals surface area contributed by atoms with Gasteiger partial charge >= 0.3 is 12.0 Å². The SMILES string of the molecule is NC(=O)CN(C(=O)NCC1(C(=O)O)CCC1)C1CCCC1. The molecule has 0 saturated heterocycles. The summed E-state index contributed by atoms with van der Waals surface area (Å²) in [5.74, 6) is -1.41. The van der Waals surface area contributed by atoms with Gasteiger partial charge in [0.25, 0.3) is 0 Å². The highest BCUT2D eigenvalue weighted by atomic mass is 16.4. The minimum atomic E-state index is -0.864. The normalized spacial score (nSPS) is 20.6. The molecule has 0 atom stereocenters. The fourth-order valence-electron chi connectivity index (χ4n) is 3.17. The minimum Gasteiger partial charge on any atom is -0.481 e. The molecule has 0 bridgehead atoms. The molecule has 0 aromatic heterocycles. The zero-order valence-corrected chi connectivity index (χ0v) is 12.1. The van der Waals surface area contributed by atoms with Gasteiger partial charge in [0, 0.05) is 12.6 Å². The average Bonchev–Trinajstić information content (AvgIpc) is 2.87. The van der Waals surface area contributed by atoms with Crippen LogP contribution in [0.5, 0.6) is 0 Å². The topological polar surface area (TPSA) is 113 Å². The van der Waals surface area contributed by atoms with Gasteiger partial charge in [0.1, 0.15) is 6.54 Å². The molecule has 0 radical (unpaired) electrons. The van der Waals surface area contributed by atoms with Crippen molar-refractivity contribution in [2.45, 2.75) is 51.0 Å². The Labute approximate surface area is 123 Å². The summed E-state index contributed by atoms with van der Waals surface area (Å²) in [5.41, 5.74) is 4.38. The van der Waals surface area contributed by atoms with Crippen molar-refractivity contribution in [3.8, 4) is 0 Å². The van der Waals surface area contributed by atoms with Crippen LogP contribution in [0.25, 0.3) is 0 Å². The highest BCUT2D eigenvalue weighted by Crippen LogP contribution is 2.40. The first-order valence-electron chi connectivity index (χ1n) is 7.51. The van der Waals surface area contributed by atoms with E-state index in [1.54, 1.807) is 0 Å². The molecule has 4 N–H and O–H groups in total. The van der Waals surface area contributed by atoms with Crippen LogP contribution < -0.4 is 11.1 Å². The van der Waals surface area contributed by atoms with Crippen LogP contribution >= 0.6 is 0 Å². The van der Waals surface area contributed by atoms with Crippen LogP contribution in [0.1, 0.15) is 44.9 Å². The first kappa shape index (κ1) is 15.6. The molecule has 7 nitrogen and oxygen atoms in total. The third-order valence-corrected chi connectivity index (χ3v) is 4.69. The molecule has 2 saturated carbocycles. The monoisotopic (exact) mass is 297 g/mol. The number of carbonyl (C=O) groups is 3. The van der Waals surface area contributed by atoms with E-state index in [9.17, 15) is 19.5 Å². The molecule has 2 rings (SSSR count). The van der Waals surface area contributed by atoms with Crippen LogP contribution in [0.4, 0.5) is 4.79 Å². The number of hydrogen-bond acceptors (Lipinski definition) is 3. The lowest BCUT2D eigenvalue weighted by Gasteiger charge is -2.38. The van der Waals surface area contributed by atoms with Crippen molar-refractivity contribution in [2.24, 2.45) is 11.1 Å². The van der Waals surface area contributed by atoms with Gasteiger partial charge in [-0.25, -0.2) is 4.79 Å². The third-order valence-electron chi connectivity index (χ3n) is 4.69. The summed E-state index contributed by atoms with van der Waals surface area (Å²) in [7, 11) is 0. The first-order chi connectivity index (χ1) is 9.94. The van der Waals surface area contributed by atoms with Gasteiger partial charge in [-0.3, -0.25) is 9.59 Å². The Bertz CT molecular complexity index is 428. The van der Waals surface area contributed by atoms with E-state index >= 15 is 0 Å². The van der Waals surface area contributed by atoms with E-state index in [2.05, 4.69) is 5.32 Å². The Morgan fingerprint density at radius 2 is 1.81 bits per heavy atom. The second kappa shape index (κ2) is 6.32. The summed E-state index contributed by atoms with van der Waals surface area (Å²) >= 11 is 0. The Balaban J connectivity index is 1.94. The Morgan fingerprint density at radius 3 is 2.24 bits per heavy atom. The van der Waals surface area contributed by atoms with Gasteiger partial charge in [0.05, 0.1) is 5.41 Å². The number of primary amides is 1. The summed E-state index contributed by atoms with van der Waals surface area (Å²) in [6.07, 6.45) is 5.84. The molecular weight excluding hydrogens is 274 g/mol. The van der Waals surface area contributed by atoms with Crippen molar-refractivity contribution in [3.63, 3.8) is 0 Å². The van der Waals surface area contributed by atoms with E-state index in [1.807, 2.05) is 0 Å². The van der Waals surface area contributed by atoms with E-state index in [4.69, 9.17) is 5.73 Å². The number of aliphatic carboxylic acids is 1. The third kappa shape index (κ3) is 3.46. The number of carboxylic acids is 1. The largest absolute Gasteiger partial charge is 0.481 e. The van der Waals surface area contributed by atoms with Crippen LogP contribution in [0.3, 0.4) is 0 Å². The number of amides is 3.